The summed E-state index contributed by atoms with van der Waals surface area (Å²) in [7, 11) is 1.68. The minimum Gasteiger partial charge on any atom is -0.487 e. The summed E-state index contributed by atoms with van der Waals surface area (Å²) in [6.07, 6.45) is 0.967. The van der Waals surface area contributed by atoms with Gasteiger partial charge in [-0.25, -0.2) is 0 Å². The fourth-order valence-electron chi connectivity index (χ4n) is 2.15. The first-order valence-corrected chi connectivity index (χ1v) is 5.59. The molecule has 0 bridgehead atoms. The molecule has 1 aliphatic rings. The number of rotatable bonds is 3. The van der Waals surface area contributed by atoms with E-state index in [0.717, 1.165) is 17.7 Å². The molecule has 3 nitrogen and oxygen atoms in total. The van der Waals surface area contributed by atoms with E-state index in [2.05, 4.69) is 0 Å². The molecule has 0 radical (unpaired) electrons. The minimum absolute atomic E-state index is 0.330. The fourth-order valence-corrected chi connectivity index (χ4v) is 2.15. The third-order valence-corrected chi connectivity index (χ3v) is 3.09. The van der Waals surface area contributed by atoms with E-state index in [0.29, 0.717) is 13.0 Å². The van der Waals surface area contributed by atoms with Crippen molar-refractivity contribution in [1.29, 1.82) is 0 Å². The molecule has 0 saturated carbocycles. The molecular formula is C13H18O3. The van der Waals surface area contributed by atoms with Gasteiger partial charge in [-0.2, -0.15) is 0 Å². The zero-order valence-corrected chi connectivity index (χ0v) is 9.77. The number of benzene rings is 1. The van der Waals surface area contributed by atoms with Crippen LogP contribution >= 0.6 is 0 Å². The molecule has 1 N–H and O–H groups in total. The number of hydrogen-bond donors (Lipinski definition) is 1. The van der Waals surface area contributed by atoms with E-state index in [1.165, 1.54) is 0 Å². The Balaban J connectivity index is 2.20. The maximum atomic E-state index is 10.1. The lowest BCUT2D eigenvalue weighted by Gasteiger charge is -2.38. The molecular weight excluding hydrogens is 204 g/mol. The van der Waals surface area contributed by atoms with E-state index < -0.39 is 6.10 Å². The van der Waals surface area contributed by atoms with E-state index in [1.54, 1.807) is 7.11 Å². The van der Waals surface area contributed by atoms with Crippen LogP contribution in [0.15, 0.2) is 24.3 Å². The second-order valence-corrected chi connectivity index (χ2v) is 4.55. The summed E-state index contributed by atoms with van der Waals surface area (Å²) in [6.45, 7) is 2.66. The molecule has 1 heterocycles. The lowest BCUT2D eigenvalue weighted by Crippen LogP contribution is -2.39. The lowest BCUT2D eigenvalue weighted by atomic mass is 9.88. The molecule has 1 aromatic rings. The van der Waals surface area contributed by atoms with Gasteiger partial charge in [0.05, 0.1) is 6.10 Å². The maximum Gasteiger partial charge on any atom is 0.125 e. The van der Waals surface area contributed by atoms with E-state index >= 15 is 0 Å². The Morgan fingerprint density at radius 1 is 1.50 bits per heavy atom. The van der Waals surface area contributed by atoms with Gasteiger partial charge in [0, 0.05) is 32.1 Å². The molecule has 0 aromatic heterocycles. The van der Waals surface area contributed by atoms with Crippen LogP contribution in [0.25, 0.3) is 0 Å². The molecule has 0 aliphatic carbocycles. The van der Waals surface area contributed by atoms with E-state index in [4.69, 9.17) is 9.47 Å². The Morgan fingerprint density at radius 2 is 2.25 bits per heavy atom. The van der Waals surface area contributed by atoms with Crippen LogP contribution in [0.4, 0.5) is 0 Å². The average Bonchev–Trinajstić information content (AvgIpc) is 2.26. The van der Waals surface area contributed by atoms with Crippen LogP contribution in [0.5, 0.6) is 5.75 Å². The Hall–Kier alpha value is -1.06. The predicted molar refractivity (Wildman–Crippen MR) is 61.5 cm³/mol. The van der Waals surface area contributed by atoms with Gasteiger partial charge < -0.3 is 14.6 Å². The summed E-state index contributed by atoms with van der Waals surface area (Å²) < 4.78 is 11.0. The molecule has 1 aromatic carbocycles. The van der Waals surface area contributed by atoms with Crippen LogP contribution in [-0.4, -0.2) is 24.4 Å². The fraction of sp³-hybridized carbons (Fsp3) is 0.538. The lowest BCUT2D eigenvalue weighted by molar-refractivity contribution is -0.0202. The molecule has 1 unspecified atom stereocenters. The van der Waals surface area contributed by atoms with Gasteiger partial charge in [0.1, 0.15) is 11.4 Å². The third kappa shape index (κ3) is 2.20. The van der Waals surface area contributed by atoms with Gasteiger partial charge in [0.15, 0.2) is 0 Å². The quantitative estimate of drug-likeness (QED) is 0.852. The van der Waals surface area contributed by atoms with Crippen LogP contribution < -0.4 is 4.74 Å². The van der Waals surface area contributed by atoms with Crippen molar-refractivity contribution < 1.29 is 14.6 Å². The maximum absolute atomic E-state index is 10.1. The second-order valence-electron chi connectivity index (χ2n) is 4.55. The third-order valence-electron chi connectivity index (χ3n) is 3.09. The number of para-hydroxylation sites is 1. The zero-order chi connectivity index (χ0) is 11.6. The predicted octanol–water partition coefficient (Wildman–Crippen LogP) is 2.30. The van der Waals surface area contributed by atoms with Crippen molar-refractivity contribution >= 4 is 0 Å². The highest BCUT2D eigenvalue weighted by Gasteiger charge is 2.35. The minimum atomic E-state index is -0.438. The molecule has 16 heavy (non-hydrogen) atoms. The largest absolute Gasteiger partial charge is 0.487 e. The molecule has 0 spiro atoms. The molecule has 88 valence electrons. The van der Waals surface area contributed by atoms with E-state index in [-0.39, 0.29) is 5.60 Å². The Bertz CT molecular complexity index is 364. The highest BCUT2D eigenvalue weighted by Crippen LogP contribution is 2.40. The zero-order valence-electron chi connectivity index (χ0n) is 9.77. The summed E-state index contributed by atoms with van der Waals surface area (Å²) in [5.74, 6) is 0.792. The molecule has 1 aliphatic heterocycles. The average molecular weight is 222 g/mol. The molecule has 2 rings (SSSR count). The summed E-state index contributed by atoms with van der Waals surface area (Å²) in [6, 6.07) is 7.66. The Labute approximate surface area is 96.0 Å². The van der Waals surface area contributed by atoms with E-state index in [1.807, 2.05) is 31.2 Å². The van der Waals surface area contributed by atoms with Crippen molar-refractivity contribution in [2.24, 2.45) is 0 Å². The molecule has 2 atom stereocenters. The SMILES string of the molecule is COCCC1(C)C[C@@H](O)c2ccccc2O1. The number of aliphatic hydroxyl groups excluding tert-OH is 1. The van der Waals surface area contributed by atoms with Crippen LogP contribution in [0.3, 0.4) is 0 Å². The van der Waals surface area contributed by atoms with Crippen molar-refractivity contribution in [3.05, 3.63) is 29.8 Å². The molecule has 3 heteroatoms. The van der Waals surface area contributed by atoms with Crippen molar-refractivity contribution in [1.82, 2.24) is 0 Å². The van der Waals surface area contributed by atoms with Crippen molar-refractivity contribution in [3.63, 3.8) is 0 Å². The molecule has 0 amide bonds. The highest BCUT2D eigenvalue weighted by atomic mass is 16.5. The first-order valence-electron chi connectivity index (χ1n) is 5.59. The first-order chi connectivity index (χ1) is 7.64. The monoisotopic (exact) mass is 222 g/mol. The molecule has 0 fully saturated rings. The summed E-state index contributed by atoms with van der Waals surface area (Å²) in [5.41, 5.74) is 0.557. The Morgan fingerprint density at radius 3 is 3.00 bits per heavy atom. The van der Waals surface area contributed by atoms with Gasteiger partial charge in [-0.05, 0) is 13.0 Å². The first kappa shape index (κ1) is 11.4. The van der Waals surface area contributed by atoms with Gasteiger partial charge >= 0.3 is 0 Å². The normalized spacial score (nSPS) is 28.3. The summed E-state index contributed by atoms with van der Waals surface area (Å²) in [4.78, 5) is 0. The van der Waals surface area contributed by atoms with E-state index in [9.17, 15) is 5.11 Å². The topological polar surface area (TPSA) is 38.7 Å². The smallest absolute Gasteiger partial charge is 0.125 e. The van der Waals surface area contributed by atoms with Gasteiger partial charge in [-0.15, -0.1) is 0 Å². The molecule has 0 saturated heterocycles. The van der Waals surface area contributed by atoms with Gasteiger partial charge in [0.2, 0.25) is 0 Å². The van der Waals surface area contributed by atoms with Gasteiger partial charge in [-0.3, -0.25) is 0 Å². The number of aliphatic hydroxyl groups is 1. The summed E-state index contributed by atoms with van der Waals surface area (Å²) in [5, 5.41) is 10.1. The van der Waals surface area contributed by atoms with Crippen LogP contribution in [0.1, 0.15) is 31.4 Å². The summed E-state index contributed by atoms with van der Waals surface area (Å²) >= 11 is 0. The number of ether oxygens (including phenoxy) is 2. The van der Waals surface area contributed by atoms with Crippen molar-refractivity contribution in [2.75, 3.05) is 13.7 Å². The van der Waals surface area contributed by atoms with Gasteiger partial charge in [-0.1, -0.05) is 18.2 Å². The highest BCUT2D eigenvalue weighted by molar-refractivity contribution is 5.37. The van der Waals surface area contributed by atoms with Crippen molar-refractivity contribution in [3.8, 4) is 5.75 Å². The van der Waals surface area contributed by atoms with Crippen LogP contribution in [-0.2, 0) is 4.74 Å². The second kappa shape index (κ2) is 4.44. The number of fused-ring (bicyclic) bond motifs is 1. The Kier molecular flexibility index (Phi) is 3.17. The van der Waals surface area contributed by atoms with Crippen LogP contribution in [0, 0.1) is 0 Å². The van der Waals surface area contributed by atoms with Gasteiger partial charge in [0.25, 0.3) is 0 Å². The standard InChI is InChI=1S/C13H18O3/c1-13(7-8-15-2)9-11(14)10-5-3-4-6-12(10)16-13/h3-6,11,14H,7-9H2,1-2H3/t11-,13?/m1/s1. The number of hydrogen-bond acceptors (Lipinski definition) is 3. The van der Waals surface area contributed by atoms with Crippen molar-refractivity contribution in [2.45, 2.75) is 31.5 Å². The number of methoxy groups -OCH3 is 1. The van der Waals surface area contributed by atoms with Crippen LogP contribution in [0.2, 0.25) is 0 Å².